The smallest absolute Gasteiger partial charge is 0.140 e. The van der Waals surface area contributed by atoms with Crippen molar-refractivity contribution in [1.29, 1.82) is 5.26 Å². The number of ether oxygens (including phenoxy) is 2. The second kappa shape index (κ2) is 6.48. The zero-order valence-electron chi connectivity index (χ0n) is 11.5. The summed E-state index contributed by atoms with van der Waals surface area (Å²) in [5.41, 5.74) is 1.52. The average Bonchev–Trinajstić information content (AvgIpc) is 2.49. The molecule has 0 aliphatic rings. The number of nitrogens with zero attached hydrogens (tertiary/aromatic N) is 1. The lowest BCUT2D eigenvalue weighted by molar-refractivity contribution is 0.337. The van der Waals surface area contributed by atoms with Crippen LogP contribution in [0.2, 0.25) is 0 Å². The minimum atomic E-state index is 0.504. The van der Waals surface area contributed by atoms with Gasteiger partial charge in [-0.3, -0.25) is 0 Å². The Hall–Kier alpha value is -2.67. The molecule has 102 valence electrons. The lowest BCUT2D eigenvalue weighted by Crippen LogP contribution is -1.95. The summed E-state index contributed by atoms with van der Waals surface area (Å²) in [6, 6.07) is 14.9. The number of nitriles is 1. The van der Waals surface area contributed by atoms with Gasteiger partial charge in [-0.25, -0.2) is 0 Å². The van der Waals surface area contributed by atoms with Crippen molar-refractivity contribution in [3.63, 3.8) is 0 Å². The SMILES string of the molecule is CCOc1cc(Oc2ccc(NC)cc2)ccc1C#N. The molecule has 1 N–H and O–H groups in total. The highest BCUT2D eigenvalue weighted by Gasteiger charge is 2.06. The molecule has 2 rings (SSSR count). The molecule has 0 heterocycles. The van der Waals surface area contributed by atoms with Crippen LogP contribution >= 0.6 is 0 Å². The van der Waals surface area contributed by atoms with Crippen molar-refractivity contribution < 1.29 is 9.47 Å². The summed E-state index contributed by atoms with van der Waals surface area (Å²) in [5, 5.41) is 12.1. The first-order valence-electron chi connectivity index (χ1n) is 6.39. The van der Waals surface area contributed by atoms with E-state index >= 15 is 0 Å². The van der Waals surface area contributed by atoms with Crippen molar-refractivity contribution in [2.45, 2.75) is 6.92 Å². The molecule has 0 unspecified atom stereocenters. The Morgan fingerprint density at radius 1 is 1.10 bits per heavy atom. The highest BCUT2D eigenvalue weighted by atomic mass is 16.5. The van der Waals surface area contributed by atoms with E-state index in [4.69, 9.17) is 14.7 Å². The molecule has 0 saturated carbocycles. The summed E-state index contributed by atoms with van der Waals surface area (Å²) < 4.78 is 11.2. The van der Waals surface area contributed by atoms with Crippen molar-refractivity contribution >= 4 is 5.69 Å². The molecule has 0 aliphatic carbocycles. The van der Waals surface area contributed by atoms with Crippen LogP contribution in [0.5, 0.6) is 17.2 Å². The fraction of sp³-hybridized carbons (Fsp3) is 0.188. The predicted octanol–water partition coefficient (Wildman–Crippen LogP) is 3.79. The van der Waals surface area contributed by atoms with Gasteiger partial charge in [-0.05, 0) is 43.3 Å². The van der Waals surface area contributed by atoms with E-state index in [-0.39, 0.29) is 0 Å². The van der Waals surface area contributed by atoms with Crippen molar-refractivity contribution in [1.82, 2.24) is 0 Å². The molecular formula is C16H16N2O2. The third-order valence-corrected chi connectivity index (χ3v) is 2.75. The van der Waals surface area contributed by atoms with E-state index in [1.165, 1.54) is 0 Å². The molecule has 0 fully saturated rings. The second-order valence-corrected chi connectivity index (χ2v) is 4.08. The van der Waals surface area contributed by atoms with Gasteiger partial charge in [0.25, 0.3) is 0 Å². The monoisotopic (exact) mass is 268 g/mol. The van der Waals surface area contributed by atoms with Crippen LogP contribution in [0, 0.1) is 11.3 Å². The van der Waals surface area contributed by atoms with Gasteiger partial charge in [-0.2, -0.15) is 5.26 Å². The predicted molar refractivity (Wildman–Crippen MR) is 78.4 cm³/mol. The minimum absolute atomic E-state index is 0.504. The van der Waals surface area contributed by atoms with Gasteiger partial charge in [0.2, 0.25) is 0 Å². The Kier molecular flexibility index (Phi) is 4.46. The van der Waals surface area contributed by atoms with Crippen LogP contribution in [0.1, 0.15) is 12.5 Å². The molecule has 0 amide bonds. The Labute approximate surface area is 118 Å². The Morgan fingerprint density at radius 2 is 1.80 bits per heavy atom. The first kappa shape index (κ1) is 13.8. The number of rotatable bonds is 5. The van der Waals surface area contributed by atoms with Gasteiger partial charge < -0.3 is 14.8 Å². The molecular weight excluding hydrogens is 252 g/mol. The number of nitrogens with one attached hydrogen (secondary N) is 1. The summed E-state index contributed by atoms with van der Waals surface area (Å²) >= 11 is 0. The first-order chi connectivity index (χ1) is 9.76. The van der Waals surface area contributed by atoms with E-state index in [0.717, 1.165) is 11.4 Å². The van der Waals surface area contributed by atoms with E-state index in [0.29, 0.717) is 23.7 Å². The van der Waals surface area contributed by atoms with Gasteiger partial charge in [-0.1, -0.05) is 0 Å². The fourth-order valence-electron chi connectivity index (χ4n) is 1.76. The molecule has 0 saturated heterocycles. The third kappa shape index (κ3) is 3.21. The standard InChI is InChI=1S/C16H16N2O2/c1-3-19-16-10-15(7-4-12(16)11-17)20-14-8-5-13(18-2)6-9-14/h4-10,18H,3H2,1-2H3. The van der Waals surface area contributed by atoms with Crippen LogP contribution in [0.15, 0.2) is 42.5 Å². The number of anilines is 1. The summed E-state index contributed by atoms with van der Waals surface area (Å²) in [7, 11) is 1.87. The lowest BCUT2D eigenvalue weighted by atomic mass is 10.2. The zero-order chi connectivity index (χ0) is 14.4. The maximum Gasteiger partial charge on any atom is 0.140 e. The van der Waals surface area contributed by atoms with Crippen LogP contribution in [-0.4, -0.2) is 13.7 Å². The minimum Gasteiger partial charge on any atom is -0.492 e. The van der Waals surface area contributed by atoms with Gasteiger partial charge in [0.1, 0.15) is 23.3 Å². The molecule has 2 aromatic rings. The fourth-order valence-corrected chi connectivity index (χ4v) is 1.76. The van der Waals surface area contributed by atoms with Gasteiger partial charge >= 0.3 is 0 Å². The second-order valence-electron chi connectivity index (χ2n) is 4.08. The maximum absolute atomic E-state index is 9.01. The van der Waals surface area contributed by atoms with Crippen LogP contribution in [0.3, 0.4) is 0 Å². The maximum atomic E-state index is 9.01. The Balaban J connectivity index is 2.20. The van der Waals surface area contributed by atoms with Crippen LogP contribution in [0.4, 0.5) is 5.69 Å². The average molecular weight is 268 g/mol. The van der Waals surface area contributed by atoms with Crippen molar-refractivity contribution in [2.24, 2.45) is 0 Å². The number of hydrogen-bond donors (Lipinski definition) is 1. The van der Waals surface area contributed by atoms with Gasteiger partial charge in [-0.15, -0.1) is 0 Å². The van der Waals surface area contributed by atoms with Crippen molar-refractivity contribution in [2.75, 3.05) is 19.0 Å². The molecule has 4 heteroatoms. The van der Waals surface area contributed by atoms with E-state index in [1.54, 1.807) is 18.2 Å². The zero-order valence-corrected chi connectivity index (χ0v) is 11.5. The topological polar surface area (TPSA) is 54.3 Å². The van der Waals surface area contributed by atoms with Crippen LogP contribution < -0.4 is 14.8 Å². The Morgan fingerprint density at radius 3 is 2.40 bits per heavy atom. The molecule has 0 radical (unpaired) electrons. The van der Waals surface area contributed by atoms with Crippen molar-refractivity contribution in [3.8, 4) is 23.3 Å². The van der Waals surface area contributed by atoms with Crippen LogP contribution in [-0.2, 0) is 0 Å². The highest BCUT2D eigenvalue weighted by molar-refractivity contribution is 5.50. The quantitative estimate of drug-likeness (QED) is 0.896. The molecule has 2 aromatic carbocycles. The van der Waals surface area contributed by atoms with E-state index in [2.05, 4.69) is 11.4 Å². The number of benzene rings is 2. The van der Waals surface area contributed by atoms with E-state index < -0.39 is 0 Å². The summed E-state index contributed by atoms with van der Waals surface area (Å²) in [6.07, 6.45) is 0. The first-order valence-corrected chi connectivity index (χ1v) is 6.39. The molecule has 20 heavy (non-hydrogen) atoms. The lowest BCUT2D eigenvalue weighted by Gasteiger charge is -2.10. The molecule has 0 spiro atoms. The molecule has 0 aromatic heterocycles. The molecule has 4 nitrogen and oxygen atoms in total. The van der Waals surface area contributed by atoms with E-state index in [9.17, 15) is 0 Å². The highest BCUT2D eigenvalue weighted by Crippen LogP contribution is 2.28. The van der Waals surface area contributed by atoms with Gasteiger partial charge in [0.15, 0.2) is 0 Å². The molecule has 0 aliphatic heterocycles. The third-order valence-electron chi connectivity index (χ3n) is 2.75. The summed E-state index contributed by atoms with van der Waals surface area (Å²) in [4.78, 5) is 0. The molecule has 0 bridgehead atoms. The summed E-state index contributed by atoms with van der Waals surface area (Å²) in [6.45, 7) is 2.39. The molecule has 0 atom stereocenters. The van der Waals surface area contributed by atoms with Gasteiger partial charge in [0, 0.05) is 18.8 Å². The largest absolute Gasteiger partial charge is 0.492 e. The normalized spacial score (nSPS) is 9.65. The van der Waals surface area contributed by atoms with Crippen LogP contribution in [0.25, 0.3) is 0 Å². The number of hydrogen-bond acceptors (Lipinski definition) is 4. The van der Waals surface area contributed by atoms with Gasteiger partial charge in [0.05, 0.1) is 12.2 Å². The van der Waals surface area contributed by atoms with E-state index in [1.807, 2.05) is 38.2 Å². The Bertz CT molecular complexity index is 615. The summed E-state index contributed by atoms with van der Waals surface area (Å²) in [5.74, 6) is 1.92. The van der Waals surface area contributed by atoms with Crippen molar-refractivity contribution in [3.05, 3.63) is 48.0 Å².